The monoisotopic (exact) mass is 612 g/mol. The van der Waals surface area contributed by atoms with E-state index < -0.39 is 15.6 Å². The molecule has 0 aliphatic carbocycles. The largest absolute Gasteiger partial charge is 0.490 e. The summed E-state index contributed by atoms with van der Waals surface area (Å²) in [6.45, 7) is 7.03. The van der Waals surface area contributed by atoms with Crippen molar-refractivity contribution in [3.05, 3.63) is 113 Å². The lowest BCUT2D eigenvalue weighted by Crippen LogP contribution is -2.44. The summed E-state index contributed by atoms with van der Waals surface area (Å²) in [6.07, 6.45) is 1.26. The van der Waals surface area contributed by atoms with E-state index in [9.17, 15) is 13.2 Å². The summed E-state index contributed by atoms with van der Waals surface area (Å²) >= 11 is 0. The van der Waals surface area contributed by atoms with Crippen LogP contribution in [0.3, 0.4) is 0 Å². The van der Waals surface area contributed by atoms with Crippen LogP contribution in [0.4, 0.5) is 10.5 Å². The third-order valence-corrected chi connectivity index (χ3v) is 8.45. The third kappa shape index (κ3) is 9.06. The van der Waals surface area contributed by atoms with Crippen molar-refractivity contribution in [3.8, 4) is 11.8 Å². The third-order valence-electron chi connectivity index (χ3n) is 7.15. The topological polar surface area (TPSA) is 89.3 Å². The Morgan fingerprint density at radius 3 is 2.32 bits per heavy atom. The second-order valence-electron chi connectivity index (χ2n) is 12.0. The molecule has 0 bridgehead atoms. The number of hydrogen-bond donors (Lipinski definition) is 1. The second-order valence-corrected chi connectivity index (χ2v) is 13.8. The van der Waals surface area contributed by atoms with Crippen molar-refractivity contribution >= 4 is 32.6 Å². The highest BCUT2D eigenvalue weighted by atomic mass is 32.2. The molecule has 9 heteroatoms. The van der Waals surface area contributed by atoms with Crippen LogP contribution in [0.2, 0.25) is 0 Å². The van der Waals surface area contributed by atoms with Gasteiger partial charge in [0, 0.05) is 44.6 Å². The molecule has 4 aromatic rings. The first kappa shape index (κ1) is 31.0. The smallest absolute Gasteiger partial charge is 0.410 e. The predicted octanol–water partition coefficient (Wildman–Crippen LogP) is 7.25. The fourth-order valence-electron chi connectivity index (χ4n) is 4.92. The molecule has 0 radical (unpaired) electrons. The standard InChI is InChI=1S/C35H38N3O5S/c1-35(2,3)43-34(39)38-19-17-33(18-20-38)42-32-15-13-31(14-16-32)36-23-27-9-11-29-12-10-28(22-30(29)21-27)24-37-44(40,41)25-26-7-5-4-6-8-26/h4-16,21-22,33,37H,17-20,24-25H2,1-3H3/q+1. The number of ether oxygens (including phenoxy) is 2. The van der Waals surface area contributed by atoms with Crippen LogP contribution < -0.4 is 9.46 Å². The van der Waals surface area contributed by atoms with Crippen LogP contribution in [0.25, 0.3) is 15.6 Å². The molecule has 0 spiro atoms. The molecule has 1 aliphatic heterocycles. The Morgan fingerprint density at radius 1 is 0.909 bits per heavy atom. The minimum Gasteiger partial charge on any atom is -0.490 e. The number of hydrogen-bond acceptors (Lipinski definition) is 5. The fraction of sp³-hybridized carbons (Fsp3) is 0.314. The van der Waals surface area contributed by atoms with Gasteiger partial charge in [-0.2, -0.15) is 0 Å². The molecule has 4 aromatic carbocycles. The van der Waals surface area contributed by atoms with Crippen molar-refractivity contribution in [2.24, 2.45) is 0 Å². The van der Waals surface area contributed by atoms with Crippen LogP contribution in [0, 0.1) is 6.07 Å². The molecule has 0 saturated carbocycles. The summed E-state index contributed by atoms with van der Waals surface area (Å²) in [5.74, 6) is 0.705. The number of rotatable bonds is 7. The zero-order valence-corrected chi connectivity index (χ0v) is 26.1. The molecule has 0 unspecified atom stereocenters. The molecule has 5 rings (SSSR count). The van der Waals surface area contributed by atoms with Crippen molar-refractivity contribution in [3.63, 3.8) is 0 Å². The molecule has 1 aliphatic rings. The van der Waals surface area contributed by atoms with Gasteiger partial charge in [-0.1, -0.05) is 48.5 Å². The number of carbonyl (C=O) groups excluding carboxylic acids is 1. The number of carbonyl (C=O) groups is 1. The van der Waals surface area contributed by atoms with E-state index in [1.54, 1.807) is 17.0 Å². The van der Waals surface area contributed by atoms with Crippen LogP contribution in [0.5, 0.6) is 5.75 Å². The Hall–Kier alpha value is -4.39. The van der Waals surface area contributed by atoms with Gasteiger partial charge in [-0.15, -0.1) is 0 Å². The maximum atomic E-state index is 12.5. The first-order chi connectivity index (χ1) is 21.0. The van der Waals surface area contributed by atoms with E-state index in [1.807, 2.05) is 99.6 Å². The number of benzene rings is 4. The quantitative estimate of drug-likeness (QED) is 0.238. The van der Waals surface area contributed by atoms with E-state index in [0.717, 1.165) is 51.7 Å². The van der Waals surface area contributed by atoms with Crippen molar-refractivity contribution < 1.29 is 22.7 Å². The van der Waals surface area contributed by atoms with Gasteiger partial charge in [0.15, 0.2) is 0 Å². The second kappa shape index (κ2) is 13.5. The van der Waals surface area contributed by atoms with E-state index in [2.05, 4.69) is 15.6 Å². The van der Waals surface area contributed by atoms with Gasteiger partial charge in [0.2, 0.25) is 10.0 Å². The van der Waals surface area contributed by atoms with Crippen LogP contribution in [0.1, 0.15) is 50.3 Å². The highest BCUT2D eigenvalue weighted by molar-refractivity contribution is 7.88. The van der Waals surface area contributed by atoms with Gasteiger partial charge in [-0.05, 0) is 77.8 Å². The Bertz CT molecular complexity index is 1760. The molecule has 1 heterocycles. The Morgan fingerprint density at radius 2 is 1.61 bits per heavy atom. The zero-order chi connectivity index (χ0) is 31.2. The van der Waals surface area contributed by atoms with Gasteiger partial charge >= 0.3 is 17.8 Å². The molecule has 228 valence electrons. The molecule has 1 saturated heterocycles. The molecule has 1 fully saturated rings. The van der Waals surface area contributed by atoms with Gasteiger partial charge in [-0.3, -0.25) is 0 Å². The lowest BCUT2D eigenvalue weighted by atomic mass is 10.0. The lowest BCUT2D eigenvalue weighted by Gasteiger charge is -2.33. The number of likely N-dealkylation sites (tertiary alicyclic amines) is 1. The highest BCUT2D eigenvalue weighted by Gasteiger charge is 2.27. The SMILES string of the molecule is CC(C)(C)OC(=O)N1CCC(Oc2ccc([N+]#Cc3ccc4ccc(CNS(=O)(=O)Cc5ccccc5)cc4c3)cc2)CC1. The van der Waals surface area contributed by atoms with Crippen molar-refractivity contribution in [2.75, 3.05) is 13.1 Å². The first-order valence-electron chi connectivity index (χ1n) is 14.8. The average Bonchev–Trinajstić information content (AvgIpc) is 2.99. The maximum absolute atomic E-state index is 12.5. The summed E-state index contributed by atoms with van der Waals surface area (Å²) in [6, 6.07) is 31.6. The Kier molecular flexibility index (Phi) is 9.52. The molecule has 0 aromatic heterocycles. The number of fused-ring (bicyclic) bond motifs is 1. The van der Waals surface area contributed by atoms with Crippen LogP contribution in [-0.4, -0.2) is 44.2 Å². The van der Waals surface area contributed by atoms with Gasteiger partial charge < -0.3 is 14.4 Å². The maximum Gasteiger partial charge on any atom is 0.410 e. The van der Waals surface area contributed by atoms with Crippen LogP contribution in [0.15, 0.2) is 91.0 Å². The highest BCUT2D eigenvalue weighted by Crippen LogP contribution is 2.24. The van der Waals surface area contributed by atoms with Gasteiger partial charge in [0.25, 0.3) is 0 Å². The number of piperidine rings is 1. The fourth-order valence-corrected chi connectivity index (χ4v) is 6.04. The first-order valence-corrected chi connectivity index (χ1v) is 16.4. The molecular formula is C35H38N3O5S+. The molecule has 1 N–H and O–H groups in total. The number of amides is 1. The predicted molar refractivity (Wildman–Crippen MR) is 174 cm³/mol. The normalized spacial score (nSPS) is 14.1. The Labute approximate surface area is 259 Å². The lowest BCUT2D eigenvalue weighted by molar-refractivity contribution is 0.0126. The van der Waals surface area contributed by atoms with Crippen molar-refractivity contribution in [1.29, 1.82) is 0 Å². The van der Waals surface area contributed by atoms with E-state index in [1.165, 1.54) is 0 Å². The van der Waals surface area contributed by atoms with Crippen molar-refractivity contribution in [1.82, 2.24) is 9.62 Å². The Balaban J connectivity index is 1.15. The van der Waals surface area contributed by atoms with E-state index in [-0.39, 0.29) is 24.5 Å². The van der Waals surface area contributed by atoms with Gasteiger partial charge in [0.1, 0.15) is 23.0 Å². The molecule has 1 amide bonds. The zero-order valence-electron chi connectivity index (χ0n) is 25.3. The van der Waals surface area contributed by atoms with Gasteiger partial charge in [0.05, 0.1) is 5.75 Å². The summed E-state index contributed by atoms with van der Waals surface area (Å²) in [7, 11) is -3.46. The number of nitrogens with zero attached hydrogens (tertiary/aromatic N) is 2. The van der Waals surface area contributed by atoms with E-state index in [4.69, 9.17) is 9.47 Å². The summed E-state index contributed by atoms with van der Waals surface area (Å²) in [5.41, 5.74) is 2.68. The van der Waals surface area contributed by atoms with E-state index in [0.29, 0.717) is 13.1 Å². The van der Waals surface area contributed by atoms with Crippen LogP contribution >= 0.6 is 0 Å². The van der Waals surface area contributed by atoms with Crippen molar-refractivity contribution in [2.45, 2.75) is 57.6 Å². The number of nitrogens with one attached hydrogen (secondary N) is 1. The van der Waals surface area contributed by atoms with E-state index >= 15 is 0 Å². The molecular weight excluding hydrogens is 574 g/mol. The van der Waals surface area contributed by atoms with Crippen LogP contribution in [-0.2, 0) is 27.1 Å². The minimum atomic E-state index is -3.46. The molecule has 0 atom stereocenters. The molecule has 44 heavy (non-hydrogen) atoms. The summed E-state index contributed by atoms with van der Waals surface area (Å²) in [5, 5.41) is 2.02. The summed E-state index contributed by atoms with van der Waals surface area (Å²) in [4.78, 5) is 18.5. The minimum absolute atomic E-state index is 0.0382. The van der Waals surface area contributed by atoms with Gasteiger partial charge in [-0.25, -0.2) is 17.9 Å². The summed E-state index contributed by atoms with van der Waals surface area (Å²) < 4.78 is 39.4. The molecule has 8 nitrogen and oxygen atoms in total. The number of sulfonamides is 1. The average molecular weight is 613 g/mol.